The molecule has 0 spiro atoms. The first-order chi connectivity index (χ1) is 7.63. The molecule has 0 saturated carbocycles. The minimum Gasteiger partial charge on any atom is -0.373 e. The highest BCUT2D eigenvalue weighted by Crippen LogP contribution is 2.23. The van der Waals surface area contributed by atoms with E-state index in [0.717, 1.165) is 30.5 Å². The summed E-state index contributed by atoms with van der Waals surface area (Å²) in [6.45, 7) is 6.13. The Kier molecular flexibility index (Phi) is 5.16. The minimum atomic E-state index is -0.0490. The maximum atomic E-state index is 6.13. The molecule has 1 aromatic heterocycles. The minimum absolute atomic E-state index is 0.0490. The zero-order chi connectivity index (χ0) is 12.1. The molecule has 0 radical (unpaired) electrons. The standard InChI is InChI=1S/C12H19ClN2O/c1-5-7-10(16-4)12-14-8(3)9(6-2)11(13)15-12/h10H,5-7H2,1-4H3. The highest BCUT2D eigenvalue weighted by Gasteiger charge is 2.16. The van der Waals surface area contributed by atoms with E-state index < -0.39 is 0 Å². The summed E-state index contributed by atoms with van der Waals surface area (Å²) in [5.74, 6) is 0.698. The van der Waals surface area contributed by atoms with Crippen LogP contribution in [0.2, 0.25) is 5.15 Å². The monoisotopic (exact) mass is 242 g/mol. The van der Waals surface area contributed by atoms with E-state index in [1.807, 2.05) is 6.92 Å². The molecule has 3 nitrogen and oxygen atoms in total. The van der Waals surface area contributed by atoms with Gasteiger partial charge in [-0.15, -0.1) is 0 Å². The largest absolute Gasteiger partial charge is 0.373 e. The van der Waals surface area contributed by atoms with E-state index in [1.54, 1.807) is 7.11 Å². The molecule has 1 rings (SSSR count). The fraction of sp³-hybridized carbons (Fsp3) is 0.667. The van der Waals surface area contributed by atoms with Gasteiger partial charge in [0.05, 0.1) is 0 Å². The molecule has 0 fully saturated rings. The lowest BCUT2D eigenvalue weighted by atomic mass is 10.1. The first kappa shape index (κ1) is 13.4. The molecule has 0 bridgehead atoms. The van der Waals surface area contributed by atoms with Gasteiger partial charge in [-0.3, -0.25) is 0 Å². The Labute approximate surface area is 102 Å². The Morgan fingerprint density at radius 3 is 2.44 bits per heavy atom. The number of ether oxygens (including phenoxy) is 1. The molecule has 1 heterocycles. The zero-order valence-electron chi connectivity index (χ0n) is 10.4. The van der Waals surface area contributed by atoms with Crippen molar-refractivity contribution in [2.24, 2.45) is 0 Å². The van der Waals surface area contributed by atoms with Gasteiger partial charge in [-0.25, -0.2) is 9.97 Å². The predicted octanol–water partition coefficient (Wildman–Crippen LogP) is 3.49. The van der Waals surface area contributed by atoms with E-state index in [1.165, 1.54) is 0 Å². The Balaban J connectivity index is 3.06. The smallest absolute Gasteiger partial charge is 0.159 e. The summed E-state index contributed by atoms with van der Waals surface area (Å²) in [5, 5.41) is 0.558. The van der Waals surface area contributed by atoms with Gasteiger partial charge in [0.15, 0.2) is 5.82 Å². The molecule has 0 N–H and O–H groups in total. The zero-order valence-corrected chi connectivity index (χ0v) is 11.1. The van der Waals surface area contributed by atoms with Crippen molar-refractivity contribution in [1.82, 2.24) is 9.97 Å². The second kappa shape index (κ2) is 6.16. The summed E-state index contributed by atoms with van der Waals surface area (Å²) in [7, 11) is 1.68. The van der Waals surface area contributed by atoms with Gasteiger partial charge in [0.25, 0.3) is 0 Å². The average molecular weight is 243 g/mol. The number of hydrogen-bond donors (Lipinski definition) is 0. The van der Waals surface area contributed by atoms with Crippen LogP contribution in [0, 0.1) is 6.92 Å². The van der Waals surface area contributed by atoms with E-state index in [4.69, 9.17) is 16.3 Å². The normalized spacial score (nSPS) is 12.8. The first-order valence-electron chi connectivity index (χ1n) is 5.69. The van der Waals surface area contributed by atoms with Crippen molar-refractivity contribution >= 4 is 11.6 Å². The highest BCUT2D eigenvalue weighted by atomic mass is 35.5. The van der Waals surface area contributed by atoms with Crippen LogP contribution in [0.3, 0.4) is 0 Å². The highest BCUT2D eigenvalue weighted by molar-refractivity contribution is 6.30. The molecular weight excluding hydrogens is 224 g/mol. The molecule has 4 heteroatoms. The Hall–Kier alpha value is -0.670. The van der Waals surface area contributed by atoms with Gasteiger partial charge in [0.1, 0.15) is 11.3 Å². The van der Waals surface area contributed by atoms with Crippen molar-refractivity contribution in [3.05, 3.63) is 22.2 Å². The van der Waals surface area contributed by atoms with E-state index in [0.29, 0.717) is 11.0 Å². The van der Waals surface area contributed by atoms with Crippen LogP contribution in [0.15, 0.2) is 0 Å². The number of nitrogens with zero attached hydrogens (tertiary/aromatic N) is 2. The SMILES string of the molecule is CCCC(OC)c1nc(C)c(CC)c(Cl)n1. The molecule has 0 aliphatic carbocycles. The second-order valence-electron chi connectivity index (χ2n) is 3.80. The third kappa shape index (κ3) is 2.92. The summed E-state index contributed by atoms with van der Waals surface area (Å²) in [6, 6.07) is 0. The maximum Gasteiger partial charge on any atom is 0.159 e. The van der Waals surface area contributed by atoms with Crippen LogP contribution in [0.25, 0.3) is 0 Å². The number of methoxy groups -OCH3 is 1. The van der Waals surface area contributed by atoms with Crippen molar-refractivity contribution in [3.8, 4) is 0 Å². The van der Waals surface area contributed by atoms with Crippen LogP contribution in [0.5, 0.6) is 0 Å². The van der Waals surface area contributed by atoms with Crippen molar-refractivity contribution in [1.29, 1.82) is 0 Å². The quantitative estimate of drug-likeness (QED) is 0.742. The van der Waals surface area contributed by atoms with E-state index in [9.17, 15) is 0 Å². The lowest BCUT2D eigenvalue weighted by molar-refractivity contribution is 0.0874. The van der Waals surface area contributed by atoms with E-state index in [-0.39, 0.29) is 6.10 Å². The summed E-state index contributed by atoms with van der Waals surface area (Å²) < 4.78 is 5.38. The van der Waals surface area contributed by atoms with Gasteiger partial charge in [0.2, 0.25) is 0 Å². The topological polar surface area (TPSA) is 35.0 Å². The van der Waals surface area contributed by atoms with Crippen molar-refractivity contribution in [2.45, 2.75) is 46.1 Å². The molecule has 0 aromatic carbocycles. The average Bonchev–Trinajstić information content (AvgIpc) is 2.25. The number of aromatic nitrogens is 2. The Morgan fingerprint density at radius 2 is 2.00 bits per heavy atom. The summed E-state index contributed by atoms with van der Waals surface area (Å²) in [4.78, 5) is 8.80. The molecule has 0 aliphatic rings. The molecule has 16 heavy (non-hydrogen) atoms. The van der Waals surface area contributed by atoms with Crippen molar-refractivity contribution in [3.63, 3.8) is 0 Å². The molecule has 1 aromatic rings. The van der Waals surface area contributed by atoms with Gasteiger partial charge in [-0.2, -0.15) is 0 Å². The number of hydrogen-bond acceptors (Lipinski definition) is 3. The molecule has 90 valence electrons. The van der Waals surface area contributed by atoms with Gasteiger partial charge in [-0.05, 0) is 19.8 Å². The Bertz CT molecular complexity index is 332. The lowest BCUT2D eigenvalue weighted by Crippen LogP contribution is -2.09. The van der Waals surface area contributed by atoms with Crippen molar-refractivity contribution < 1.29 is 4.74 Å². The van der Waals surface area contributed by atoms with Gasteiger partial charge >= 0.3 is 0 Å². The fourth-order valence-corrected chi connectivity index (χ4v) is 2.10. The first-order valence-corrected chi connectivity index (χ1v) is 6.07. The maximum absolute atomic E-state index is 6.13. The molecule has 1 unspecified atom stereocenters. The molecule has 0 aliphatic heterocycles. The van der Waals surface area contributed by atoms with Crippen molar-refractivity contribution in [2.75, 3.05) is 7.11 Å². The van der Waals surface area contributed by atoms with Crippen LogP contribution >= 0.6 is 11.6 Å². The van der Waals surface area contributed by atoms with Gasteiger partial charge < -0.3 is 4.74 Å². The molecule has 0 saturated heterocycles. The summed E-state index contributed by atoms with van der Waals surface area (Å²) >= 11 is 6.13. The number of rotatable bonds is 5. The van der Waals surface area contributed by atoms with Gasteiger partial charge in [-0.1, -0.05) is 31.9 Å². The number of aryl methyl sites for hydroxylation is 1. The molecular formula is C12H19ClN2O. The van der Waals surface area contributed by atoms with E-state index >= 15 is 0 Å². The third-order valence-corrected chi connectivity index (χ3v) is 2.97. The van der Waals surface area contributed by atoms with E-state index in [2.05, 4.69) is 23.8 Å². The van der Waals surface area contributed by atoms with Crippen LogP contribution in [0.4, 0.5) is 0 Å². The summed E-state index contributed by atoms with van der Waals surface area (Å²) in [5.41, 5.74) is 1.98. The third-order valence-electron chi connectivity index (χ3n) is 2.66. The van der Waals surface area contributed by atoms with Crippen LogP contribution in [-0.4, -0.2) is 17.1 Å². The second-order valence-corrected chi connectivity index (χ2v) is 4.16. The number of halogens is 1. The summed E-state index contributed by atoms with van der Waals surface area (Å²) in [6.07, 6.45) is 2.76. The van der Waals surface area contributed by atoms with Crippen LogP contribution in [-0.2, 0) is 11.2 Å². The Morgan fingerprint density at radius 1 is 1.31 bits per heavy atom. The lowest BCUT2D eigenvalue weighted by Gasteiger charge is -2.15. The molecule has 0 amide bonds. The van der Waals surface area contributed by atoms with Crippen LogP contribution < -0.4 is 0 Å². The van der Waals surface area contributed by atoms with Crippen LogP contribution in [0.1, 0.15) is 49.9 Å². The molecule has 1 atom stereocenters. The van der Waals surface area contributed by atoms with Gasteiger partial charge in [0, 0.05) is 18.4 Å². The predicted molar refractivity (Wildman–Crippen MR) is 65.8 cm³/mol. The fourth-order valence-electron chi connectivity index (χ4n) is 1.74.